The van der Waals surface area contributed by atoms with Crippen molar-refractivity contribution in [3.05, 3.63) is 0 Å². The van der Waals surface area contributed by atoms with E-state index in [2.05, 4.69) is 6.92 Å². The number of ether oxygens (including phenoxy) is 2. The second-order valence-electron chi connectivity index (χ2n) is 4.96. The van der Waals surface area contributed by atoms with Gasteiger partial charge >= 0.3 is 0 Å². The zero-order valence-electron chi connectivity index (χ0n) is 12.9. The van der Waals surface area contributed by atoms with Crippen molar-refractivity contribution in [3.63, 3.8) is 0 Å². The average Bonchev–Trinajstić information content (AvgIpc) is 2.37. The van der Waals surface area contributed by atoms with Crippen molar-refractivity contribution in [2.24, 2.45) is 0 Å². The molecule has 0 radical (unpaired) electrons. The smallest absolute Gasteiger partial charge is 0.157 e. The van der Waals surface area contributed by atoms with Crippen LogP contribution in [-0.4, -0.2) is 19.5 Å². The van der Waals surface area contributed by atoms with E-state index in [1.807, 2.05) is 13.8 Å². The summed E-state index contributed by atoms with van der Waals surface area (Å²) in [4.78, 5) is 0. The Bertz CT molecular complexity index is 142. The van der Waals surface area contributed by atoms with Crippen LogP contribution < -0.4 is 0 Å². The van der Waals surface area contributed by atoms with E-state index in [1.165, 1.54) is 57.8 Å². The summed E-state index contributed by atoms with van der Waals surface area (Å²) in [5, 5.41) is 0. The van der Waals surface area contributed by atoms with Crippen LogP contribution in [0.3, 0.4) is 0 Å². The van der Waals surface area contributed by atoms with Gasteiger partial charge in [-0.25, -0.2) is 0 Å². The molecule has 0 bridgehead atoms. The lowest BCUT2D eigenvalue weighted by Gasteiger charge is -2.16. The SMILES string of the molecule is CCCCCCCCCCCC(OCC)OCC. The molecule has 0 aromatic heterocycles. The maximum Gasteiger partial charge on any atom is 0.157 e. The molecule has 0 amide bonds. The van der Waals surface area contributed by atoms with Crippen molar-refractivity contribution in [2.45, 2.75) is 91.3 Å². The van der Waals surface area contributed by atoms with Crippen molar-refractivity contribution in [3.8, 4) is 0 Å². The molecule has 0 saturated carbocycles. The Balaban J connectivity index is 3.21. The highest BCUT2D eigenvalue weighted by molar-refractivity contribution is 4.50. The summed E-state index contributed by atoms with van der Waals surface area (Å²) in [6, 6.07) is 0. The highest BCUT2D eigenvalue weighted by atomic mass is 16.7. The van der Waals surface area contributed by atoms with Crippen LogP contribution in [0, 0.1) is 0 Å². The van der Waals surface area contributed by atoms with Gasteiger partial charge in [0.15, 0.2) is 6.29 Å². The molecule has 0 spiro atoms. The number of rotatable bonds is 14. The van der Waals surface area contributed by atoms with E-state index < -0.39 is 0 Å². The lowest BCUT2D eigenvalue weighted by atomic mass is 10.1. The first kappa shape index (κ1) is 17.9. The maximum absolute atomic E-state index is 5.53. The molecule has 0 rings (SSSR count). The van der Waals surface area contributed by atoms with Crippen molar-refractivity contribution in [1.29, 1.82) is 0 Å². The fraction of sp³-hybridized carbons (Fsp3) is 1.00. The summed E-state index contributed by atoms with van der Waals surface area (Å²) in [6.07, 6.45) is 13.4. The number of hydrogen-bond acceptors (Lipinski definition) is 2. The van der Waals surface area contributed by atoms with E-state index in [-0.39, 0.29) is 6.29 Å². The third kappa shape index (κ3) is 12.4. The topological polar surface area (TPSA) is 18.5 Å². The van der Waals surface area contributed by atoms with Gasteiger partial charge < -0.3 is 9.47 Å². The van der Waals surface area contributed by atoms with Crippen LogP contribution in [0.15, 0.2) is 0 Å². The van der Waals surface area contributed by atoms with Gasteiger partial charge in [0.25, 0.3) is 0 Å². The van der Waals surface area contributed by atoms with Crippen molar-refractivity contribution in [2.75, 3.05) is 13.2 Å². The van der Waals surface area contributed by atoms with Gasteiger partial charge in [0.1, 0.15) is 0 Å². The zero-order chi connectivity index (χ0) is 13.5. The van der Waals surface area contributed by atoms with Gasteiger partial charge in [0, 0.05) is 13.2 Å². The Morgan fingerprint density at radius 3 is 1.50 bits per heavy atom. The maximum atomic E-state index is 5.53. The van der Waals surface area contributed by atoms with Crippen LogP contribution in [-0.2, 0) is 9.47 Å². The van der Waals surface area contributed by atoms with Gasteiger partial charge in [-0.3, -0.25) is 0 Å². The fourth-order valence-corrected chi connectivity index (χ4v) is 2.21. The molecule has 0 unspecified atom stereocenters. The molecule has 0 fully saturated rings. The first-order chi connectivity index (χ1) is 8.85. The van der Waals surface area contributed by atoms with E-state index in [1.54, 1.807) is 0 Å². The Morgan fingerprint density at radius 1 is 0.611 bits per heavy atom. The zero-order valence-corrected chi connectivity index (χ0v) is 12.9. The number of unbranched alkanes of at least 4 members (excludes halogenated alkanes) is 8. The molecule has 0 saturated heterocycles. The van der Waals surface area contributed by atoms with E-state index in [0.717, 1.165) is 19.6 Å². The Hall–Kier alpha value is -0.0800. The molecule has 0 aromatic rings. The summed E-state index contributed by atoms with van der Waals surface area (Å²) in [5.74, 6) is 0. The summed E-state index contributed by atoms with van der Waals surface area (Å²) < 4.78 is 11.1. The minimum absolute atomic E-state index is 0.0320. The van der Waals surface area contributed by atoms with Crippen molar-refractivity contribution >= 4 is 0 Å². The first-order valence-corrected chi connectivity index (χ1v) is 8.08. The molecule has 0 heterocycles. The minimum Gasteiger partial charge on any atom is -0.353 e. The standard InChI is InChI=1S/C16H34O2/c1-4-7-8-9-10-11-12-13-14-15-16(17-5-2)18-6-3/h16H,4-15H2,1-3H3. The molecule has 2 nitrogen and oxygen atoms in total. The van der Waals surface area contributed by atoms with Gasteiger partial charge in [0.2, 0.25) is 0 Å². The second-order valence-corrected chi connectivity index (χ2v) is 4.96. The van der Waals surface area contributed by atoms with E-state index in [9.17, 15) is 0 Å². The Morgan fingerprint density at radius 2 is 1.06 bits per heavy atom. The van der Waals surface area contributed by atoms with Gasteiger partial charge in [-0.1, -0.05) is 58.3 Å². The largest absolute Gasteiger partial charge is 0.353 e. The highest BCUT2D eigenvalue weighted by Crippen LogP contribution is 2.12. The molecule has 0 atom stereocenters. The highest BCUT2D eigenvalue weighted by Gasteiger charge is 2.06. The molecule has 0 N–H and O–H groups in total. The van der Waals surface area contributed by atoms with Gasteiger partial charge in [-0.15, -0.1) is 0 Å². The monoisotopic (exact) mass is 258 g/mol. The molecule has 0 aliphatic heterocycles. The van der Waals surface area contributed by atoms with Gasteiger partial charge in [-0.05, 0) is 26.7 Å². The fourth-order valence-electron chi connectivity index (χ4n) is 2.21. The molecule has 110 valence electrons. The molecule has 0 aliphatic carbocycles. The molecular formula is C16H34O2. The van der Waals surface area contributed by atoms with Gasteiger partial charge in [-0.2, -0.15) is 0 Å². The lowest BCUT2D eigenvalue weighted by Crippen LogP contribution is -2.17. The van der Waals surface area contributed by atoms with Crippen LogP contribution in [0.2, 0.25) is 0 Å². The molecule has 2 heteroatoms. The third-order valence-corrected chi connectivity index (χ3v) is 3.25. The van der Waals surface area contributed by atoms with Crippen LogP contribution >= 0.6 is 0 Å². The molecular weight excluding hydrogens is 224 g/mol. The average molecular weight is 258 g/mol. The summed E-state index contributed by atoms with van der Waals surface area (Å²) in [5.41, 5.74) is 0. The Kier molecular flexibility index (Phi) is 14.9. The quantitative estimate of drug-likeness (QED) is 0.311. The van der Waals surface area contributed by atoms with Crippen molar-refractivity contribution in [1.82, 2.24) is 0 Å². The second kappa shape index (κ2) is 15.0. The van der Waals surface area contributed by atoms with Crippen LogP contribution in [0.1, 0.15) is 85.0 Å². The summed E-state index contributed by atoms with van der Waals surface area (Å²) >= 11 is 0. The Labute approximate surface area is 114 Å². The predicted octanol–water partition coefficient (Wildman–Crippen LogP) is 5.31. The van der Waals surface area contributed by atoms with E-state index in [0.29, 0.717) is 0 Å². The lowest BCUT2D eigenvalue weighted by molar-refractivity contribution is -0.140. The van der Waals surface area contributed by atoms with E-state index in [4.69, 9.17) is 9.47 Å². The van der Waals surface area contributed by atoms with E-state index >= 15 is 0 Å². The molecule has 0 aliphatic rings. The first-order valence-electron chi connectivity index (χ1n) is 8.08. The van der Waals surface area contributed by atoms with Crippen molar-refractivity contribution < 1.29 is 9.47 Å². The number of hydrogen-bond donors (Lipinski definition) is 0. The predicted molar refractivity (Wildman–Crippen MR) is 78.9 cm³/mol. The third-order valence-electron chi connectivity index (χ3n) is 3.25. The summed E-state index contributed by atoms with van der Waals surface area (Å²) in [7, 11) is 0. The molecule has 0 aromatic carbocycles. The van der Waals surface area contributed by atoms with Crippen LogP contribution in [0.25, 0.3) is 0 Å². The van der Waals surface area contributed by atoms with Crippen LogP contribution in [0.4, 0.5) is 0 Å². The van der Waals surface area contributed by atoms with Gasteiger partial charge in [0.05, 0.1) is 0 Å². The molecule has 18 heavy (non-hydrogen) atoms. The van der Waals surface area contributed by atoms with Crippen LogP contribution in [0.5, 0.6) is 0 Å². The minimum atomic E-state index is 0.0320. The summed E-state index contributed by atoms with van der Waals surface area (Å²) in [6.45, 7) is 7.84. The normalized spacial score (nSPS) is 11.3.